The summed E-state index contributed by atoms with van der Waals surface area (Å²) in [4.78, 5) is 0. The van der Waals surface area contributed by atoms with Crippen LogP contribution in [-0.2, 0) is 6.61 Å². The van der Waals surface area contributed by atoms with Crippen LogP contribution in [0.3, 0.4) is 0 Å². The molecule has 0 atom stereocenters. The Morgan fingerprint density at radius 1 is 1.00 bits per heavy atom. The van der Waals surface area contributed by atoms with Crippen molar-refractivity contribution in [1.29, 1.82) is 0 Å². The van der Waals surface area contributed by atoms with E-state index in [1.165, 1.54) is 12.1 Å². The zero-order chi connectivity index (χ0) is 10.8. The van der Waals surface area contributed by atoms with Crippen LogP contribution in [0.4, 0.5) is 8.78 Å². The zero-order valence-electron chi connectivity index (χ0n) is 7.95. The highest BCUT2D eigenvalue weighted by Gasteiger charge is 2.07. The molecule has 2 rings (SSSR count). The van der Waals surface area contributed by atoms with Crippen LogP contribution < -0.4 is 0 Å². The first-order valence-electron chi connectivity index (χ1n) is 4.62. The van der Waals surface area contributed by atoms with E-state index in [-0.39, 0.29) is 12.2 Å². The van der Waals surface area contributed by atoms with Crippen LogP contribution in [0.2, 0.25) is 0 Å². The number of hydrogen-bond acceptors (Lipinski definition) is 1. The lowest BCUT2D eigenvalue weighted by atomic mass is 10.0. The van der Waals surface area contributed by atoms with Crippen molar-refractivity contribution in [1.82, 2.24) is 0 Å². The molecule has 0 saturated carbocycles. The maximum absolute atomic E-state index is 12.4. The summed E-state index contributed by atoms with van der Waals surface area (Å²) in [7, 11) is 0. The van der Waals surface area contributed by atoms with Gasteiger partial charge in [0.2, 0.25) is 0 Å². The highest BCUT2D eigenvalue weighted by atomic mass is 19.3. The number of fused-ring (bicyclic) bond motifs is 1. The number of alkyl halides is 2. The monoisotopic (exact) mass is 208 g/mol. The number of halogens is 2. The van der Waals surface area contributed by atoms with Gasteiger partial charge in [-0.15, -0.1) is 0 Å². The van der Waals surface area contributed by atoms with Gasteiger partial charge in [0.05, 0.1) is 6.61 Å². The minimum absolute atomic E-state index is 0.0117. The molecule has 0 aliphatic heterocycles. The Hall–Kier alpha value is -1.48. The third kappa shape index (κ3) is 1.97. The summed E-state index contributed by atoms with van der Waals surface area (Å²) >= 11 is 0. The van der Waals surface area contributed by atoms with E-state index >= 15 is 0 Å². The van der Waals surface area contributed by atoms with Gasteiger partial charge in [-0.25, -0.2) is 8.78 Å². The lowest BCUT2D eigenvalue weighted by Gasteiger charge is -2.04. The largest absolute Gasteiger partial charge is 0.392 e. The first-order chi connectivity index (χ1) is 7.20. The van der Waals surface area contributed by atoms with Gasteiger partial charge < -0.3 is 5.11 Å². The van der Waals surface area contributed by atoms with Gasteiger partial charge in [-0.2, -0.15) is 0 Å². The molecule has 0 saturated heterocycles. The van der Waals surface area contributed by atoms with Crippen LogP contribution in [0, 0.1) is 0 Å². The normalized spacial score (nSPS) is 11.2. The number of benzene rings is 2. The second-order valence-electron chi connectivity index (χ2n) is 3.40. The first kappa shape index (κ1) is 10.1. The molecule has 0 spiro atoms. The minimum atomic E-state index is -2.45. The average Bonchev–Trinajstić information content (AvgIpc) is 2.27. The van der Waals surface area contributed by atoms with Gasteiger partial charge >= 0.3 is 0 Å². The van der Waals surface area contributed by atoms with Gasteiger partial charge in [0.25, 0.3) is 6.43 Å². The Morgan fingerprint density at radius 3 is 2.40 bits per heavy atom. The highest BCUT2D eigenvalue weighted by Crippen LogP contribution is 2.24. The molecular weight excluding hydrogens is 198 g/mol. The van der Waals surface area contributed by atoms with E-state index in [4.69, 9.17) is 5.11 Å². The molecule has 1 nitrogen and oxygen atoms in total. The summed E-state index contributed by atoms with van der Waals surface area (Å²) in [6, 6.07) is 9.87. The Morgan fingerprint density at radius 2 is 1.73 bits per heavy atom. The number of hydrogen-bond donors (Lipinski definition) is 1. The molecule has 2 aromatic carbocycles. The summed E-state index contributed by atoms with van der Waals surface area (Å²) in [6.07, 6.45) is -2.45. The molecule has 15 heavy (non-hydrogen) atoms. The molecule has 0 bridgehead atoms. The smallest absolute Gasteiger partial charge is 0.263 e. The fourth-order valence-electron chi connectivity index (χ4n) is 1.55. The van der Waals surface area contributed by atoms with Crippen molar-refractivity contribution in [2.45, 2.75) is 13.0 Å². The highest BCUT2D eigenvalue weighted by molar-refractivity contribution is 5.83. The standard InChI is InChI=1S/C12H10F2O/c13-12(14)10-4-3-9-2-1-8(7-15)5-11(9)6-10/h1-6,12,15H,7H2. The maximum Gasteiger partial charge on any atom is 0.263 e. The maximum atomic E-state index is 12.4. The van der Waals surface area contributed by atoms with Crippen LogP contribution in [-0.4, -0.2) is 5.11 Å². The molecule has 3 heteroatoms. The summed E-state index contributed by atoms with van der Waals surface area (Å²) in [5.41, 5.74) is 0.742. The van der Waals surface area contributed by atoms with E-state index < -0.39 is 6.43 Å². The third-order valence-corrected chi connectivity index (χ3v) is 2.36. The van der Waals surface area contributed by atoms with Gasteiger partial charge in [0.1, 0.15) is 0 Å². The van der Waals surface area contributed by atoms with Crippen molar-refractivity contribution in [2.24, 2.45) is 0 Å². The molecule has 0 aliphatic carbocycles. The van der Waals surface area contributed by atoms with E-state index in [1.807, 2.05) is 6.07 Å². The molecule has 0 aliphatic rings. The summed E-state index contributed by atoms with van der Waals surface area (Å²) in [6.45, 7) is -0.0746. The summed E-state index contributed by atoms with van der Waals surface area (Å²) < 4.78 is 24.9. The quantitative estimate of drug-likeness (QED) is 0.803. The molecular formula is C12H10F2O. The summed E-state index contributed by atoms with van der Waals surface area (Å²) in [5, 5.41) is 10.6. The SMILES string of the molecule is OCc1ccc2ccc(C(F)F)cc2c1. The van der Waals surface area contributed by atoms with Crippen molar-refractivity contribution >= 4 is 10.8 Å². The number of rotatable bonds is 2. The summed E-state index contributed by atoms with van der Waals surface area (Å²) in [5.74, 6) is 0. The topological polar surface area (TPSA) is 20.2 Å². The van der Waals surface area contributed by atoms with Crippen molar-refractivity contribution < 1.29 is 13.9 Å². The Labute approximate surface area is 86.0 Å². The fourth-order valence-corrected chi connectivity index (χ4v) is 1.55. The van der Waals surface area contributed by atoms with Gasteiger partial charge in [0, 0.05) is 5.56 Å². The van der Waals surface area contributed by atoms with Crippen molar-refractivity contribution in [2.75, 3.05) is 0 Å². The molecule has 0 unspecified atom stereocenters. The van der Waals surface area contributed by atoms with Crippen LogP contribution in [0.15, 0.2) is 36.4 Å². The van der Waals surface area contributed by atoms with Gasteiger partial charge in [-0.3, -0.25) is 0 Å². The molecule has 0 heterocycles. The van der Waals surface area contributed by atoms with Crippen molar-refractivity contribution in [3.8, 4) is 0 Å². The molecule has 0 radical (unpaired) electrons. The molecule has 0 aromatic heterocycles. The first-order valence-corrected chi connectivity index (χ1v) is 4.62. The van der Waals surface area contributed by atoms with E-state index in [0.717, 1.165) is 16.3 Å². The molecule has 2 aromatic rings. The second-order valence-corrected chi connectivity index (χ2v) is 3.40. The zero-order valence-corrected chi connectivity index (χ0v) is 7.95. The average molecular weight is 208 g/mol. The predicted octanol–water partition coefficient (Wildman–Crippen LogP) is 3.27. The number of aliphatic hydroxyl groups excluding tert-OH is 1. The van der Waals surface area contributed by atoms with Gasteiger partial charge in [-0.05, 0) is 28.5 Å². The van der Waals surface area contributed by atoms with Gasteiger partial charge in [0.15, 0.2) is 0 Å². The fraction of sp³-hybridized carbons (Fsp3) is 0.167. The minimum Gasteiger partial charge on any atom is -0.392 e. The van der Waals surface area contributed by atoms with Gasteiger partial charge in [-0.1, -0.05) is 24.3 Å². The lowest BCUT2D eigenvalue weighted by molar-refractivity contribution is 0.151. The Bertz CT molecular complexity index is 480. The van der Waals surface area contributed by atoms with E-state index in [9.17, 15) is 8.78 Å². The molecule has 1 N–H and O–H groups in total. The van der Waals surface area contributed by atoms with Crippen LogP contribution in [0.1, 0.15) is 17.6 Å². The van der Waals surface area contributed by atoms with E-state index in [1.54, 1.807) is 18.2 Å². The van der Waals surface area contributed by atoms with Crippen molar-refractivity contribution in [3.05, 3.63) is 47.5 Å². The second kappa shape index (κ2) is 3.95. The molecule has 0 fully saturated rings. The van der Waals surface area contributed by atoms with Crippen LogP contribution >= 0.6 is 0 Å². The Balaban J connectivity index is 2.57. The predicted molar refractivity (Wildman–Crippen MR) is 54.8 cm³/mol. The molecule has 78 valence electrons. The van der Waals surface area contributed by atoms with E-state index in [0.29, 0.717) is 0 Å². The lowest BCUT2D eigenvalue weighted by Crippen LogP contribution is -1.86. The van der Waals surface area contributed by atoms with Crippen LogP contribution in [0.25, 0.3) is 10.8 Å². The molecule has 0 amide bonds. The van der Waals surface area contributed by atoms with Crippen molar-refractivity contribution in [3.63, 3.8) is 0 Å². The van der Waals surface area contributed by atoms with E-state index in [2.05, 4.69) is 0 Å². The number of aliphatic hydroxyl groups is 1. The third-order valence-electron chi connectivity index (χ3n) is 2.36. The van der Waals surface area contributed by atoms with Crippen LogP contribution in [0.5, 0.6) is 0 Å². The Kier molecular flexibility index (Phi) is 2.64.